The molecular weight excluding hydrogens is 390 g/mol. The van der Waals surface area contributed by atoms with Crippen LogP contribution in [0.15, 0.2) is 71.5 Å². The predicted octanol–water partition coefficient (Wildman–Crippen LogP) is 5.03. The minimum atomic E-state index is -0.0183. The first-order chi connectivity index (χ1) is 14.7. The quantitative estimate of drug-likeness (QED) is 0.510. The van der Waals surface area contributed by atoms with Gasteiger partial charge in [-0.3, -0.25) is 9.69 Å². The molecular formula is C25H23N3OS. The van der Waals surface area contributed by atoms with Crippen molar-refractivity contribution in [1.29, 1.82) is 0 Å². The van der Waals surface area contributed by atoms with Gasteiger partial charge in [0.1, 0.15) is 5.82 Å². The van der Waals surface area contributed by atoms with Gasteiger partial charge in [0, 0.05) is 41.4 Å². The number of aryl methyl sites for hydroxylation is 1. The molecule has 0 saturated carbocycles. The summed E-state index contributed by atoms with van der Waals surface area (Å²) in [5.74, 6) is 0.661. The molecule has 0 saturated heterocycles. The third-order valence-corrected chi connectivity index (χ3v) is 6.66. The topological polar surface area (TPSA) is 49.0 Å². The Bertz CT molecular complexity index is 1240. The molecule has 0 amide bonds. The normalized spacial score (nSPS) is 13.9. The smallest absolute Gasteiger partial charge is 0.255 e. The number of hydrogen-bond donors (Lipinski definition) is 1. The molecule has 3 heterocycles. The third kappa shape index (κ3) is 3.86. The lowest BCUT2D eigenvalue weighted by Gasteiger charge is -2.27. The van der Waals surface area contributed by atoms with Crippen LogP contribution in [0.3, 0.4) is 0 Å². The van der Waals surface area contributed by atoms with E-state index in [0.717, 1.165) is 36.3 Å². The first-order valence-corrected chi connectivity index (χ1v) is 11.0. The second-order valence-corrected chi connectivity index (χ2v) is 8.97. The molecule has 4 aromatic rings. The molecule has 1 aliphatic rings. The Kier molecular flexibility index (Phi) is 5.07. The maximum Gasteiger partial charge on any atom is 0.255 e. The summed E-state index contributed by atoms with van der Waals surface area (Å²) < 4.78 is 0. The van der Waals surface area contributed by atoms with Crippen molar-refractivity contribution >= 4 is 11.3 Å². The zero-order chi connectivity index (χ0) is 20.5. The molecule has 0 radical (unpaired) electrons. The average Bonchev–Trinajstić information content (AvgIpc) is 3.23. The van der Waals surface area contributed by atoms with Gasteiger partial charge >= 0.3 is 0 Å². The first kappa shape index (κ1) is 19.0. The number of benzene rings is 2. The highest BCUT2D eigenvalue weighted by molar-refractivity contribution is 7.15. The number of H-pyrrole nitrogens is 1. The zero-order valence-corrected chi connectivity index (χ0v) is 17.7. The van der Waals surface area contributed by atoms with Gasteiger partial charge in [-0.1, -0.05) is 60.2 Å². The molecule has 0 unspecified atom stereocenters. The van der Waals surface area contributed by atoms with Crippen LogP contribution in [0.5, 0.6) is 0 Å². The maximum atomic E-state index is 12.8. The number of hydrogen-bond acceptors (Lipinski definition) is 4. The monoisotopic (exact) mass is 413 g/mol. The Morgan fingerprint density at radius 3 is 2.70 bits per heavy atom. The lowest BCUT2D eigenvalue weighted by Crippen LogP contribution is -2.35. The van der Waals surface area contributed by atoms with Gasteiger partial charge in [0.05, 0.1) is 11.3 Å². The lowest BCUT2D eigenvalue weighted by atomic mass is 10.1. The number of aromatic nitrogens is 2. The Labute approximate surface area is 179 Å². The van der Waals surface area contributed by atoms with Gasteiger partial charge in [-0.15, -0.1) is 11.3 Å². The summed E-state index contributed by atoms with van der Waals surface area (Å²) in [6.07, 6.45) is 0.801. The highest BCUT2D eigenvalue weighted by Gasteiger charge is 2.22. The fourth-order valence-electron chi connectivity index (χ4n) is 3.99. The Balaban J connectivity index is 1.34. The second-order valence-electron chi connectivity index (χ2n) is 7.80. The van der Waals surface area contributed by atoms with Crippen molar-refractivity contribution < 1.29 is 0 Å². The summed E-state index contributed by atoms with van der Waals surface area (Å²) in [7, 11) is 0. The first-order valence-electron chi connectivity index (χ1n) is 10.2. The van der Waals surface area contributed by atoms with Crippen molar-refractivity contribution in [3.8, 4) is 21.8 Å². The predicted molar refractivity (Wildman–Crippen MR) is 123 cm³/mol. The van der Waals surface area contributed by atoms with Gasteiger partial charge < -0.3 is 4.98 Å². The van der Waals surface area contributed by atoms with Crippen LogP contribution in [-0.2, 0) is 19.5 Å². The molecule has 1 aliphatic heterocycles. The van der Waals surface area contributed by atoms with E-state index in [4.69, 9.17) is 4.98 Å². The van der Waals surface area contributed by atoms with E-state index in [0.29, 0.717) is 12.4 Å². The molecule has 2 aromatic heterocycles. The molecule has 30 heavy (non-hydrogen) atoms. The molecule has 0 fully saturated rings. The molecule has 0 aliphatic carbocycles. The fourth-order valence-corrected chi connectivity index (χ4v) is 5.03. The van der Waals surface area contributed by atoms with Crippen LogP contribution in [-0.4, -0.2) is 21.4 Å². The molecule has 1 N–H and O–H groups in total. The van der Waals surface area contributed by atoms with E-state index in [1.807, 2.05) is 41.7 Å². The van der Waals surface area contributed by atoms with E-state index >= 15 is 0 Å². The van der Waals surface area contributed by atoms with Gasteiger partial charge in [0.2, 0.25) is 0 Å². The number of nitrogens with zero attached hydrogens (tertiary/aromatic N) is 2. The molecule has 4 nitrogen and oxygen atoms in total. The van der Waals surface area contributed by atoms with Gasteiger partial charge in [0.15, 0.2) is 0 Å². The maximum absolute atomic E-state index is 12.8. The summed E-state index contributed by atoms with van der Waals surface area (Å²) in [6.45, 7) is 4.54. The summed E-state index contributed by atoms with van der Waals surface area (Å²) in [6, 6.07) is 22.9. The fraction of sp³-hybridized carbons (Fsp3) is 0.200. The van der Waals surface area contributed by atoms with Crippen LogP contribution >= 0.6 is 11.3 Å². The van der Waals surface area contributed by atoms with Crippen LogP contribution in [0.2, 0.25) is 0 Å². The van der Waals surface area contributed by atoms with Gasteiger partial charge in [-0.2, -0.15) is 0 Å². The largest absolute Gasteiger partial charge is 0.306 e. The van der Waals surface area contributed by atoms with E-state index in [2.05, 4.69) is 53.2 Å². The van der Waals surface area contributed by atoms with Crippen molar-refractivity contribution in [2.75, 3.05) is 6.54 Å². The van der Waals surface area contributed by atoms with Gasteiger partial charge in [-0.25, -0.2) is 4.98 Å². The SMILES string of the molecule is Cc1cccc(-c2ccc(CN3CCc4nc(-c5ccccc5)[nH]c(=O)c4C3)s2)c1. The summed E-state index contributed by atoms with van der Waals surface area (Å²) in [4.78, 5) is 25.4. The van der Waals surface area contributed by atoms with Crippen molar-refractivity contribution in [3.05, 3.63) is 98.8 Å². The molecule has 0 atom stereocenters. The number of thiophene rings is 1. The molecule has 0 spiro atoms. The van der Waals surface area contributed by atoms with Crippen molar-refractivity contribution in [2.45, 2.75) is 26.4 Å². The minimum absolute atomic E-state index is 0.0183. The van der Waals surface area contributed by atoms with E-state index in [9.17, 15) is 4.79 Å². The van der Waals surface area contributed by atoms with Gasteiger partial charge in [0.25, 0.3) is 5.56 Å². The minimum Gasteiger partial charge on any atom is -0.306 e. The van der Waals surface area contributed by atoms with E-state index in [1.54, 1.807) is 0 Å². The Hall–Kier alpha value is -3.02. The van der Waals surface area contributed by atoms with Crippen molar-refractivity contribution in [2.24, 2.45) is 0 Å². The highest BCUT2D eigenvalue weighted by atomic mass is 32.1. The van der Waals surface area contributed by atoms with Crippen molar-refractivity contribution in [1.82, 2.24) is 14.9 Å². The highest BCUT2D eigenvalue weighted by Crippen LogP contribution is 2.30. The third-order valence-electron chi connectivity index (χ3n) is 5.54. The molecule has 5 heteroatoms. The van der Waals surface area contributed by atoms with E-state index in [-0.39, 0.29) is 5.56 Å². The average molecular weight is 414 g/mol. The number of nitrogens with one attached hydrogen (secondary N) is 1. The molecule has 0 bridgehead atoms. The molecule has 2 aromatic carbocycles. The standard InChI is InChI=1S/C25H23N3OS/c1-17-6-5-9-19(14-17)23-11-10-20(30-23)15-28-13-12-22-21(16-28)25(29)27-24(26-22)18-7-3-2-4-8-18/h2-11,14H,12-13,15-16H2,1H3,(H,26,27,29). The van der Waals surface area contributed by atoms with Crippen molar-refractivity contribution in [3.63, 3.8) is 0 Å². The zero-order valence-electron chi connectivity index (χ0n) is 16.9. The summed E-state index contributed by atoms with van der Waals surface area (Å²) in [5.41, 5.74) is 5.20. The van der Waals surface area contributed by atoms with E-state index in [1.165, 1.54) is 20.9 Å². The summed E-state index contributed by atoms with van der Waals surface area (Å²) >= 11 is 1.83. The van der Waals surface area contributed by atoms with Crippen LogP contribution in [0, 0.1) is 6.92 Å². The second kappa shape index (κ2) is 8.01. The van der Waals surface area contributed by atoms with Crippen LogP contribution in [0.4, 0.5) is 0 Å². The Morgan fingerprint density at radius 2 is 1.87 bits per heavy atom. The number of rotatable bonds is 4. The number of fused-ring (bicyclic) bond motifs is 1. The molecule has 5 rings (SSSR count). The number of aromatic amines is 1. The van der Waals surface area contributed by atoms with E-state index < -0.39 is 0 Å². The summed E-state index contributed by atoms with van der Waals surface area (Å²) in [5, 5.41) is 0. The van der Waals surface area contributed by atoms with Crippen LogP contribution in [0.1, 0.15) is 21.7 Å². The van der Waals surface area contributed by atoms with Gasteiger partial charge in [-0.05, 0) is 24.6 Å². The Morgan fingerprint density at radius 1 is 1.03 bits per heavy atom. The van der Waals surface area contributed by atoms with Crippen LogP contribution in [0.25, 0.3) is 21.8 Å². The lowest BCUT2D eigenvalue weighted by molar-refractivity contribution is 0.244. The molecule has 150 valence electrons. The van der Waals surface area contributed by atoms with Crippen LogP contribution < -0.4 is 5.56 Å².